The van der Waals surface area contributed by atoms with E-state index in [1.807, 2.05) is 20.8 Å². The van der Waals surface area contributed by atoms with Gasteiger partial charge in [0.15, 0.2) is 0 Å². The number of likely N-dealkylation sites (N-methyl/N-ethyl adjacent to an activating group) is 1. The smallest absolute Gasteiger partial charge is 0.244 e. The molecule has 0 saturated carbocycles. The number of hydrogen-bond donors (Lipinski definition) is 2. The average Bonchev–Trinajstić information content (AvgIpc) is 2.41. The number of nitrogens with one attached hydrogen (secondary N) is 2. The number of rotatable bonds is 6. The van der Waals surface area contributed by atoms with Crippen LogP contribution in [0.4, 0.5) is 11.6 Å². The molecular weight excluding hydrogens is 310 g/mol. The molecule has 1 aromatic rings. The molecule has 0 aliphatic heterocycles. The van der Waals surface area contributed by atoms with E-state index in [0.717, 1.165) is 11.0 Å². The molecule has 0 saturated heterocycles. The number of carbonyl (C=O) groups is 1. The van der Waals surface area contributed by atoms with Crippen molar-refractivity contribution in [3.8, 4) is 0 Å². The van der Waals surface area contributed by atoms with Gasteiger partial charge in [-0.3, -0.25) is 4.79 Å². The molecule has 1 amide bonds. The zero-order valence-electron chi connectivity index (χ0n) is 11.7. The first-order valence-corrected chi connectivity index (χ1v) is 7.06. The van der Waals surface area contributed by atoms with Crippen molar-refractivity contribution in [2.24, 2.45) is 0 Å². The van der Waals surface area contributed by atoms with Gasteiger partial charge in [0.05, 0.1) is 0 Å². The van der Waals surface area contributed by atoms with E-state index in [0.29, 0.717) is 18.2 Å². The fourth-order valence-corrected chi connectivity index (χ4v) is 1.97. The standard InChI is InChI=1S/C12H20BrN5O/c1-5-14-10-9(13)11(16-7-15-10)17-8(3)12(19)18(4)6-2/h7-8H,5-6H2,1-4H3,(H2,14,15,16,17). The molecule has 1 aromatic heterocycles. The molecule has 0 aromatic carbocycles. The third kappa shape index (κ3) is 4.05. The Morgan fingerprint density at radius 2 is 2.05 bits per heavy atom. The average molecular weight is 330 g/mol. The topological polar surface area (TPSA) is 70.1 Å². The maximum Gasteiger partial charge on any atom is 0.244 e. The molecule has 0 aliphatic carbocycles. The Kier molecular flexibility index (Phi) is 6.01. The first-order valence-electron chi connectivity index (χ1n) is 6.27. The maximum atomic E-state index is 12.0. The third-order valence-corrected chi connectivity index (χ3v) is 3.46. The lowest BCUT2D eigenvalue weighted by atomic mass is 10.3. The van der Waals surface area contributed by atoms with Crippen LogP contribution in [0.5, 0.6) is 0 Å². The van der Waals surface area contributed by atoms with E-state index in [1.54, 1.807) is 11.9 Å². The Morgan fingerprint density at radius 3 is 2.63 bits per heavy atom. The SMILES string of the molecule is CCNc1ncnc(NC(C)C(=O)N(C)CC)c1Br. The molecule has 0 bridgehead atoms. The maximum absolute atomic E-state index is 12.0. The summed E-state index contributed by atoms with van der Waals surface area (Å²) in [5.41, 5.74) is 0. The van der Waals surface area contributed by atoms with Gasteiger partial charge in [-0.1, -0.05) is 0 Å². The lowest BCUT2D eigenvalue weighted by Gasteiger charge is -2.21. The highest BCUT2D eigenvalue weighted by Gasteiger charge is 2.18. The second-order valence-corrected chi connectivity index (χ2v) is 4.93. The van der Waals surface area contributed by atoms with Crippen molar-refractivity contribution in [1.82, 2.24) is 14.9 Å². The van der Waals surface area contributed by atoms with E-state index in [4.69, 9.17) is 0 Å². The number of hydrogen-bond acceptors (Lipinski definition) is 5. The molecule has 1 rings (SSSR count). The Labute approximate surface area is 122 Å². The fourth-order valence-electron chi connectivity index (χ4n) is 1.51. The lowest BCUT2D eigenvalue weighted by Crippen LogP contribution is -2.39. The Morgan fingerprint density at radius 1 is 1.42 bits per heavy atom. The summed E-state index contributed by atoms with van der Waals surface area (Å²) in [5, 5.41) is 6.21. The van der Waals surface area contributed by atoms with Crippen molar-refractivity contribution in [3.05, 3.63) is 10.8 Å². The Hall–Kier alpha value is -1.37. The molecule has 6 nitrogen and oxygen atoms in total. The van der Waals surface area contributed by atoms with Gasteiger partial charge in [-0.05, 0) is 36.7 Å². The Balaban J connectivity index is 2.82. The van der Waals surface area contributed by atoms with Crippen molar-refractivity contribution in [2.75, 3.05) is 30.8 Å². The van der Waals surface area contributed by atoms with E-state index in [2.05, 4.69) is 36.5 Å². The van der Waals surface area contributed by atoms with Gasteiger partial charge in [-0.2, -0.15) is 0 Å². The monoisotopic (exact) mass is 329 g/mol. The van der Waals surface area contributed by atoms with Crippen molar-refractivity contribution >= 4 is 33.5 Å². The summed E-state index contributed by atoms with van der Waals surface area (Å²) in [7, 11) is 1.78. The minimum atomic E-state index is -0.342. The summed E-state index contributed by atoms with van der Waals surface area (Å²) in [4.78, 5) is 21.9. The summed E-state index contributed by atoms with van der Waals surface area (Å²) >= 11 is 3.44. The van der Waals surface area contributed by atoms with Crippen LogP contribution in [-0.2, 0) is 4.79 Å². The highest BCUT2D eigenvalue weighted by molar-refractivity contribution is 9.10. The minimum absolute atomic E-state index is 0.0259. The number of anilines is 2. The van der Waals surface area contributed by atoms with Gasteiger partial charge in [-0.25, -0.2) is 9.97 Å². The normalized spacial score (nSPS) is 11.8. The van der Waals surface area contributed by atoms with Crippen molar-refractivity contribution in [1.29, 1.82) is 0 Å². The van der Waals surface area contributed by atoms with Crippen LogP contribution in [0, 0.1) is 0 Å². The number of carbonyl (C=O) groups excluding carboxylic acids is 1. The van der Waals surface area contributed by atoms with Crippen molar-refractivity contribution in [3.63, 3.8) is 0 Å². The molecule has 1 unspecified atom stereocenters. The largest absolute Gasteiger partial charge is 0.369 e. The molecule has 0 fully saturated rings. The highest BCUT2D eigenvalue weighted by atomic mass is 79.9. The van der Waals surface area contributed by atoms with Crippen LogP contribution in [0.25, 0.3) is 0 Å². The molecule has 0 aliphatic rings. The molecule has 1 atom stereocenters. The van der Waals surface area contributed by atoms with Gasteiger partial charge < -0.3 is 15.5 Å². The quantitative estimate of drug-likeness (QED) is 0.834. The minimum Gasteiger partial charge on any atom is -0.369 e. The first-order chi connectivity index (χ1) is 9.01. The van der Waals surface area contributed by atoms with Gasteiger partial charge in [-0.15, -0.1) is 0 Å². The van der Waals surface area contributed by atoms with E-state index < -0.39 is 0 Å². The first kappa shape index (κ1) is 15.7. The van der Waals surface area contributed by atoms with Crippen LogP contribution in [0.1, 0.15) is 20.8 Å². The summed E-state index contributed by atoms with van der Waals surface area (Å²) in [6.07, 6.45) is 1.46. The zero-order chi connectivity index (χ0) is 14.4. The fraction of sp³-hybridized carbons (Fsp3) is 0.583. The van der Waals surface area contributed by atoms with Crippen LogP contribution in [0.15, 0.2) is 10.8 Å². The van der Waals surface area contributed by atoms with Gasteiger partial charge in [0.25, 0.3) is 0 Å². The third-order valence-electron chi connectivity index (χ3n) is 2.71. The van der Waals surface area contributed by atoms with Crippen LogP contribution in [0.2, 0.25) is 0 Å². The predicted molar refractivity (Wildman–Crippen MR) is 80.3 cm³/mol. The van der Waals surface area contributed by atoms with Crippen LogP contribution in [-0.4, -0.2) is 47.0 Å². The second kappa shape index (κ2) is 7.28. The van der Waals surface area contributed by atoms with Gasteiger partial charge >= 0.3 is 0 Å². The zero-order valence-corrected chi connectivity index (χ0v) is 13.3. The molecule has 1 heterocycles. The van der Waals surface area contributed by atoms with Crippen molar-refractivity contribution in [2.45, 2.75) is 26.8 Å². The Bertz CT molecular complexity index is 440. The van der Waals surface area contributed by atoms with E-state index in [-0.39, 0.29) is 11.9 Å². The van der Waals surface area contributed by atoms with Crippen LogP contribution >= 0.6 is 15.9 Å². The number of nitrogens with zero attached hydrogens (tertiary/aromatic N) is 3. The molecule has 0 spiro atoms. The van der Waals surface area contributed by atoms with Gasteiger partial charge in [0.2, 0.25) is 5.91 Å². The number of aromatic nitrogens is 2. The predicted octanol–water partition coefficient (Wildman–Crippen LogP) is 1.95. The second-order valence-electron chi connectivity index (χ2n) is 4.13. The lowest BCUT2D eigenvalue weighted by molar-refractivity contribution is -0.130. The molecule has 19 heavy (non-hydrogen) atoms. The summed E-state index contributed by atoms with van der Waals surface area (Å²) in [6, 6.07) is -0.342. The number of halogens is 1. The van der Waals surface area contributed by atoms with E-state index >= 15 is 0 Å². The molecular formula is C12H20BrN5O. The molecule has 0 radical (unpaired) electrons. The summed E-state index contributed by atoms with van der Waals surface area (Å²) in [5.74, 6) is 1.35. The summed E-state index contributed by atoms with van der Waals surface area (Å²) in [6.45, 7) is 7.19. The van der Waals surface area contributed by atoms with Crippen LogP contribution in [0.3, 0.4) is 0 Å². The van der Waals surface area contributed by atoms with Crippen molar-refractivity contribution < 1.29 is 4.79 Å². The highest BCUT2D eigenvalue weighted by Crippen LogP contribution is 2.26. The van der Waals surface area contributed by atoms with Gasteiger partial charge in [0.1, 0.15) is 28.5 Å². The number of amides is 1. The molecule has 7 heteroatoms. The van der Waals surface area contributed by atoms with E-state index in [1.165, 1.54) is 6.33 Å². The van der Waals surface area contributed by atoms with E-state index in [9.17, 15) is 4.79 Å². The van der Waals surface area contributed by atoms with Crippen LogP contribution < -0.4 is 10.6 Å². The molecule has 2 N–H and O–H groups in total. The molecule has 106 valence electrons. The van der Waals surface area contributed by atoms with Gasteiger partial charge in [0, 0.05) is 20.1 Å². The summed E-state index contributed by atoms with van der Waals surface area (Å²) < 4.78 is 0.732.